The quantitative estimate of drug-likeness (QED) is 0.289. The number of aromatic amines is 2. The zero-order valence-electron chi connectivity index (χ0n) is 20.8. The number of pyridine rings is 1. The molecule has 8 nitrogen and oxygen atoms in total. The maximum atomic E-state index is 13.2. The molecule has 4 N–H and O–H groups in total. The highest BCUT2D eigenvalue weighted by Crippen LogP contribution is 2.28. The molecule has 1 amide bonds. The van der Waals surface area contributed by atoms with E-state index in [2.05, 4.69) is 22.2 Å². The fraction of sp³-hybridized carbons (Fsp3) is 0.321. The van der Waals surface area contributed by atoms with E-state index in [1.807, 2.05) is 24.0 Å². The molecule has 2 aromatic heterocycles. The van der Waals surface area contributed by atoms with Crippen molar-refractivity contribution in [2.45, 2.75) is 32.8 Å². The van der Waals surface area contributed by atoms with Gasteiger partial charge >= 0.3 is 0 Å². The summed E-state index contributed by atoms with van der Waals surface area (Å²) in [6.07, 6.45) is 2.75. The molecule has 37 heavy (non-hydrogen) atoms. The van der Waals surface area contributed by atoms with Crippen LogP contribution in [0.2, 0.25) is 5.02 Å². The van der Waals surface area contributed by atoms with Crippen molar-refractivity contribution in [3.05, 3.63) is 80.7 Å². The van der Waals surface area contributed by atoms with E-state index in [4.69, 9.17) is 16.6 Å². The molecule has 2 aromatic carbocycles. The fourth-order valence-corrected chi connectivity index (χ4v) is 5.02. The lowest BCUT2D eigenvalue weighted by molar-refractivity contribution is 0.0697. The second-order valence-corrected chi connectivity index (χ2v) is 10.2. The van der Waals surface area contributed by atoms with Gasteiger partial charge in [0, 0.05) is 36.4 Å². The molecule has 0 spiro atoms. The van der Waals surface area contributed by atoms with E-state index < -0.39 is 6.10 Å². The molecular weight excluding hydrogens is 490 g/mol. The highest BCUT2D eigenvalue weighted by Gasteiger charge is 2.23. The normalized spacial score (nSPS) is 15.2. The number of H-pyrrole nitrogens is 2. The van der Waals surface area contributed by atoms with Gasteiger partial charge in [0.15, 0.2) is 0 Å². The molecule has 1 fully saturated rings. The third-order valence-electron chi connectivity index (χ3n) is 7.01. The summed E-state index contributed by atoms with van der Waals surface area (Å²) in [6, 6.07) is 12.4. The number of hydrogen-bond acceptors (Lipinski definition) is 5. The summed E-state index contributed by atoms with van der Waals surface area (Å²) in [5.74, 6) is 1.04. The van der Waals surface area contributed by atoms with E-state index >= 15 is 0 Å². The van der Waals surface area contributed by atoms with Gasteiger partial charge in [0.1, 0.15) is 11.4 Å². The van der Waals surface area contributed by atoms with Crippen LogP contribution in [0.15, 0.2) is 53.5 Å². The van der Waals surface area contributed by atoms with Crippen molar-refractivity contribution in [3.63, 3.8) is 0 Å². The van der Waals surface area contributed by atoms with E-state index in [0.717, 1.165) is 31.5 Å². The molecule has 1 aliphatic rings. The molecule has 1 aliphatic heterocycles. The number of aliphatic hydroxyl groups excluding tert-OH is 1. The van der Waals surface area contributed by atoms with Gasteiger partial charge in [-0.15, -0.1) is 0 Å². The Hall–Kier alpha value is -3.62. The van der Waals surface area contributed by atoms with Crippen molar-refractivity contribution >= 4 is 34.2 Å². The van der Waals surface area contributed by atoms with Gasteiger partial charge in [-0.1, -0.05) is 30.7 Å². The van der Waals surface area contributed by atoms with Crippen molar-refractivity contribution in [1.82, 2.24) is 19.9 Å². The highest BCUT2D eigenvalue weighted by molar-refractivity contribution is 6.30. The number of carbonyl (C=O) groups excluding carboxylic acids is 1. The van der Waals surface area contributed by atoms with Crippen LogP contribution in [0.4, 0.5) is 5.69 Å². The SMILES string of the molecule is Cc1cc(C(=O)N2CCC(C)CC2)cc2[nH]c(-c3c(NCC(O)c4cccc(Cl)c4)cc[nH]c3=O)nc12. The maximum Gasteiger partial charge on any atom is 0.261 e. The van der Waals surface area contributed by atoms with Gasteiger partial charge in [0.2, 0.25) is 0 Å². The van der Waals surface area contributed by atoms with Gasteiger partial charge in [-0.05, 0) is 67.1 Å². The van der Waals surface area contributed by atoms with Gasteiger partial charge in [-0.25, -0.2) is 4.98 Å². The minimum Gasteiger partial charge on any atom is -0.387 e. The molecule has 3 heterocycles. The zero-order chi connectivity index (χ0) is 26.1. The van der Waals surface area contributed by atoms with E-state index in [9.17, 15) is 14.7 Å². The number of aliphatic hydroxyl groups is 1. The monoisotopic (exact) mass is 519 g/mol. The van der Waals surface area contributed by atoms with Crippen LogP contribution in [0.25, 0.3) is 22.4 Å². The molecule has 0 bridgehead atoms. The smallest absolute Gasteiger partial charge is 0.261 e. The van der Waals surface area contributed by atoms with Crippen LogP contribution < -0.4 is 10.9 Å². The minimum absolute atomic E-state index is 0.0166. The van der Waals surface area contributed by atoms with Crippen LogP contribution in [0.5, 0.6) is 0 Å². The summed E-state index contributed by atoms with van der Waals surface area (Å²) in [5.41, 5.74) is 4.06. The van der Waals surface area contributed by atoms with Gasteiger partial charge < -0.3 is 25.3 Å². The molecule has 0 aliphatic carbocycles. The molecule has 1 atom stereocenters. The number of amides is 1. The van der Waals surface area contributed by atoms with Crippen molar-refractivity contribution in [3.8, 4) is 11.4 Å². The number of aryl methyl sites for hydroxylation is 1. The third-order valence-corrected chi connectivity index (χ3v) is 7.25. The standard InChI is InChI=1S/C28H30ClN5O3/c1-16-7-10-34(11-8-16)28(37)19-12-17(2)25-22(14-19)32-26(33-25)24-21(6-9-30-27(24)36)31-15-23(35)18-4-3-5-20(29)13-18/h3-6,9,12-14,16,23,35H,7-8,10-11,15H2,1-2H3,(H,32,33)(H2,30,31,36). The fourth-order valence-electron chi connectivity index (χ4n) is 4.83. The van der Waals surface area contributed by atoms with Gasteiger partial charge in [0.05, 0.1) is 22.8 Å². The summed E-state index contributed by atoms with van der Waals surface area (Å²) in [6.45, 7) is 5.83. The van der Waals surface area contributed by atoms with Crippen molar-refractivity contribution < 1.29 is 9.90 Å². The molecule has 0 saturated carbocycles. The minimum atomic E-state index is -0.824. The largest absolute Gasteiger partial charge is 0.387 e. The first-order chi connectivity index (χ1) is 17.8. The highest BCUT2D eigenvalue weighted by atomic mass is 35.5. The van der Waals surface area contributed by atoms with Gasteiger partial charge in [-0.3, -0.25) is 9.59 Å². The first kappa shape index (κ1) is 25.0. The van der Waals surface area contributed by atoms with Crippen molar-refractivity contribution in [2.75, 3.05) is 25.0 Å². The molecule has 0 radical (unpaired) electrons. The predicted octanol–water partition coefficient (Wildman–Crippen LogP) is 4.90. The van der Waals surface area contributed by atoms with Crippen molar-refractivity contribution in [1.29, 1.82) is 0 Å². The maximum absolute atomic E-state index is 13.2. The molecular formula is C28H30ClN5O3. The van der Waals surface area contributed by atoms with Gasteiger partial charge in [-0.2, -0.15) is 0 Å². The number of fused-ring (bicyclic) bond motifs is 1. The number of hydrogen-bond donors (Lipinski definition) is 4. The summed E-state index contributed by atoms with van der Waals surface area (Å²) in [7, 11) is 0. The molecule has 192 valence electrons. The Kier molecular flexibility index (Phi) is 7.04. The lowest BCUT2D eigenvalue weighted by Gasteiger charge is -2.30. The van der Waals surface area contributed by atoms with Crippen LogP contribution in [0.1, 0.15) is 47.4 Å². The number of likely N-dealkylation sites (tertiary alicyclic amines) is 1. The Morgan fingerprint density at radius 2 is 2.03 bits per heavy atom. The number of aromatic nitrogens is 3. The summed E-state index contributed by atoms with van der Waals surface area (Å²) in [5, 5.41) is 14.3. The van der Waals surface area contributed by atoms with E-state index in [1.165, 1.54) is 0 Å². The Bertz CT molecular complexity index is 1500. The average molecular weight is 520 g/mol. The molecule has 1 unspecified atom stereocenters. The van der Waals surface area contributed by atoms with E-state index in [0.29, 0.717) is 50.2 Å². The number of imidazole rings is 1. The third kappa shape index (κ3) is 5.26. The average Bonchev–Trinajstić information content (AvgIpc) is 3.31. The molecule has 1 saturated heterocycles. The number of benzene rings is 2. The summed E-state index contributed by atoms with van der Waals surface area (Å²) >= 11 is 6.05. The van der Waals surface area contributed by atoms with Crippen LogP contribution in [-0.4, -0.2) is 50.5 Å². The van der Waals surface area contributed by atoms with Crippen LogP contribution in [0, 0.1) is 12.8 Å². The van der Waals surface area contributed by atoms with Crippen LogP contribution in [-0.2, 0) is 0 Å². The number of piperidine rings is 1. The van der Waals surface area contributed by atoms with Crippen molar-refractivity contribution in [2.24, 2.45) is 5.92 Å². The predicted molar refractivity (Wildman–Crippen MR) is 146 cm³/mol. The summed E-state index contributed by atoms with van der Waals surface area (Å²) in [4.78, 5) is 38.6. The van der Waals surface area contributed by atoms with Crippen LogP contribution >= 0.6 is 11.6 Å². The Morgan fingerprint density at radius 3 is 2.78 bits per heavy atom. The number of carbonyl (C=O) groups is 1. The Labute approximate surface area is 219 Å². The lowest BCUT2D eigenvalue weighted by Crippen LogP contribution is -2.37. The molecule has 9 heteroatoms. The Morgan fingerprint density at radius 1 is 1.24 bits per heavy atom. The topological polar surface area (TPSA) is 114 Å². The van der Waals surface area contributed by atoms with E-state index in [1.54, 1.807) is 36.5 Å². The lowest BCUT2D eigenvalue weighted by atomic mass is 9.98. The van der Waals surface area contributed by atoms with Gasteiger partial charge in [0.25, 0.3) is 11.5 Å². The number of nitrogens with zero attached hydrogens (tertiary/aromatic N) is 2. The van der Waals surface area contributed by atoms with E-state index in [-0.39, 0.29) is 18.0 Å². The number of anilines is 1. The number of halogens is 1. The number of nitrogens with one attached hydrogen (secondary N) is 3. The Balaban J connectivity index is 1.43. The van der Waals surface area contributed by atoms with Crippen LogP contribution in [0.3, 0.4) is 0 Å². The first-order valence-corrected chi connectivity index (χ1v) is 12.9. The zero-order valence-corrected chi connectivity index (χ0v) is 21.6. The molecule has 4 aromatic rings. The second-order valence-electron chi connectivity index (χ2n) is 9.80. The first-order valence-electron chi connectivity index (χ1n) is 12.5. The second kappa shape index (κ2) is 10.4. The molecule has 5 rings (SSSR count). The summed E-state index contributed by atoms with van der Waals surface area (Å²) < 4.78 is 0. The number of rotatable bonds is 6.